The highest BCUT2D eigenvalue weighted by molar-refractivity contribution is 7.32. The lowest BCUT2D eigenvalue weighted by atomic mass is 10.2. The monoisotopic (exact) mass is 179 g/mol. The van der Waals surface area contributed by atoms with E-state index in [0.29, 0.717) is 6.61 Å². The topological polar surface area (TPSA) is 46.5 Å². The van der Waals surface area contributed by atoms with E-state index in [4.69, 9.17) is 4.89 Å². The van der Waals surface area contributed by atoms with Crippen LogP contribution in [-0.2, 0) is 9.09 Å². The third-order valence-corrected chi connectivity index (χ3v) is 1.85. The summed E-state index contributed by atoms with van der Waals surface area (Å²) in [6.07, 6.45) is 5.64. The van der Waals surface area contributed by atoms with E-state index in [0.717, 1.165) is 12.8 Å². The minimum absolute atomic E-state index is 0.412. The molecule has 0 aromatic heterocycles. The first kappa shape index (κ1) is 11.0. The third-order valence-electron chi connectivity index (χ3n) is 1.45. The van der Waals surface area contributed by atoms with E-state index in [1.165, 1.54) is 19.3 Å². The molecule has 0 aliphatic rings. The second kappa shape index (κ2) is 8.12. The smallest absolute Gasteiger partial charge is 0.298 e. The van der Waals surface area contributed by atoms with E-state index in [-0.39, 0.29) is 0 Å². The van der Waals surface area contributed by atoms with Gasteiger partial charge in [-0.1, -0.05) is 32.6 Å². The molecule has 0 amide bonds. The largest absolute Gasteiger partial charge is 0.366 e. The first-order valence-electron chi connectivity index (χ1n) is 4.06. The quantitative estimate of drug-likeness (QED) is 0.482. The summed E-state index contributed by atoms with van der Waals surface area (Å²) in [4.78, 5) is 8.24. The summed E-state index contributed by atoms with van der Waals surface area (Å²) in [6, 6.07) is 0. The molecule has 1 N–H and O–H groups in total. The Morgan fingerprint density at radius 2 is 1.91 bits per heavy atom. The van der Waals surface area contributed by atoms with Crippen LogP contribution in [-0.4, -0.2) is 11.5 Å². The molecule has 0 aliphatic heterocycles. The van der Waals surface area contributed by atoms with Gasteiger partial charge >= 0.3 is 8.25 Å². The predicted octanol–water partition coefficient (Wildman–Crippen LogP) is 2.62. The Balaban J connectivity index is 2.85. The van der Waals surface area contributed by atoms with Gasteiger partial charge in [-0.2, -0.15) is 0 Å². The van der Waals surface area contributed by atoms with Crippen LogP contribution in [0.5, 0.6) is 0 Å². The van der Waals surface area contributed by atoms with Crippen molar-refractivity contribution in [3.8, 4) is 0 Å². The van der Waals surface area contributed by atoms with Crippen LogP contribution in [0.3, 0.4) is 0 Å². The third kappa shape index (κ3) is 10.0. The van der Waals surface area contributed by atoms with Gasteiger partial charge in [0.2, 0.25) is 0 Å². The fourth-order valence-corrected chi connectivity index (χ4v) is 1.13. The van der Waals surface area contributed by atoms with Crippen LogP contribution < -0.4 is 0 Å². The summed E-state index contributed by atoms with van der Waals surface area (Å²) in [6.45, 7) is 2.57. The van der Waals surface area contributed by atoms with E-state index in [2.05, 4.69) is 11.4 Å². The average Bonchev–Trinajstić information content (AvgIpc) is 1.96. The average molecular weight is 179 g/mol. The van der Waals surface area contributed by atoms with Crippen molar-refractivity contribution >= 4 is 8.25 Å². The highest BCUT2D eigenvalue weighted by Crippen LogP contribution is 2.15. The molecule has 0 heterocycles. The van der Waals surface area contributed by atoms with Crippen molar-refractivity contribution in [2.24, 2.45) is 0 Å². The molecule has 0 saturated carbocycles. The van der Waals surface area contributed by atoms with Gasteiger partial charge in [-0.3, -0.25) is 9.42 Å². The van der Waals surface area contributed by atoms with E-state index in [9.17, 15) is 4.57 Å². The summed E-state index contributed by atoms with van der Waals surface area (Å²) in [5.74, 6) is 0. The predicted molar refractivity (Wildman–Crippen MR) is 44.5 cm³/mol. The molecule has 1 unspecified atom stereocenters. The van der Waals surface area contributed by atoms with Crippen molar-refractivity contribution in [2.75, 3.05) is 6.61 Å². The second-order valence-electron chi connectivity index (χ2n) is 2.49. The van der Waals surface area contributed by atoms with Gasteiger partial charge in [-0.15, -0.1) is 0 Å². The number of hydrogen-bond donors (Lipinski definition) is 1. The molecule has 0 saturated heterocycles. The van der Waals surface area contributed by atoms with Gasteiger partial charge in [0.05, 0.1) is 6.61 Å². The molecule has 11 heavy (non-hydrogen) atoms. The fraction of sp³-hybridized carbons (Fsp3) is 1.00. The maximum Gasteiger partial charge on any atom is 0.366 e. The number of hydrogen-bond acceptors (Lipinski definition) is 2. The summed E-state index contributed by atoms with van der Waals surface area (Å²) in [7, 11) is -2.37. The molecule has 3 nitrogen and oxygen atoms in total. The first-order valence-corrected chi connectivity index (χ1v) is 5.19. The van der Waals surface area contributed by atoms with Crippen LogP contribution >= 0.6 is 8.25 Å². The fourth-order valence-electron chi connectivity index (χ4n) is 0.848. The normalized spacial score (nSPS) is 11.6. The van der Waals surface area contributed by atoms with Gasteiger partial charge in [-0.05, 0) is 6.42 Å². The van der Waals surface area contributed by atoms with Crippen molar-refractivity contribution in [3.63, 3.8) is 0 Å². The molecule has 0 rings (SSSR count). The zero-order valence-corrected chi connectivity index (χ0v) is 7.85. The van der Waals surface area contributed by atoms with Gasteiger partial charge in [0, 0.05) is 0 Å². The van der Waals surface area contributed by atoms with E-state index < -0.39 is 8.25 Å². The molecule has 1 radical (unpaired) electrons. The van der Waals surface area contributed by atoms with Crippen LogP contribution in [0.1, 0.15) is 39.0 Å². The Bertz CT molecular complexity index is 106. The van der Waals surface area contributed by atoms with Crippen molar-refractivity contribution < 1.29 is 14.0 Å². The van der Waals surface area contributed by atoms with Crippen molar-refractivity contribution in [1.29, 1.82) is 0 Å². The Labute approximate surface area is 68.7 Å². The molecule has 0 bridgehead atoms. The van der Waals surface area contributed by atoms with Crippen LogP contribution in [0.4, 0.5) is 0 Å². The van der Waals surface area contributed by atoms with Crippen molar-refractivity contribution in [3.05, 3.63) is 0 Å². The minimum Gasteiger partial charge on any atom is -0.298 e. The van der Waals surface area contributed by atoms with E-state index in [1.807, 2.05) is 0 Å². The highest BCUT2D eigenvalue weighted by Gasteiger charge is 1.93. The molecule has 67 valence electrons. The summed E-state index contributed by atoms with van der Waals surface area (Å²) in [5, 5.41) is 0. The van der Waals surface area contributed by atoms with Gasteiger partial charge < -0.3 is 0 Å². The maximum absolute atomic E-state index is 10.0. The zero-order chi connectivity index (χ0) is 8.53. The van der Waals surface area contributed by atoms with Crippen molar-refractivity contribution in [2.45, 2.75) is 39.0 Å². The molecule has 0 aromatic carbocycles. The molecule has 1 atom stereocenters. The lowest BCUT2D eigenvalue weighted by molar-refractivity contribution is 0.273. The lowest BCUT2D eigenvalue weighted by Gasteiger charge is -1.97. The molecule has 0 aliphatic carbocycles. The molecule has 0 spiro atoms. The van der Waals surface area contributed by atoms with E-state index in [1.54, 1.807) is 0 Å². The highest BCUT2D eigenvalue weighted by atomic mass is 31.1. The molecule has 4 heteroatoms. The van der Waals surface area contributed by atoms with E-state index >= 15 is 0 Å². The van der Waals surface area contributed by atoms with Crippen LogP contribution in [0, 0.1) is 0 Å². The van der Waals surface area contributed by atoms with Crippen LogP contribution in [0.2, 0.25) is 0 Å². The maximum atomic E-state index is 10.0. The number of rotatable bonds is 7. The second-order valence-corrected chi connectivity index (χ2v) is 3.22. The Kier molecular flexibility index (Phi) is 8.13. The Morgan fingerprint density at radius 3 is 2.45 bits per heavy atom. The summed E-state index contributed by atoms with van der Waals surface area (Å²) in [5.41, 5.74) is 0. The van der Waals surface area contributed by atoms with Gasteiger partial charge in [0.1, 0.15) is 0 Å². The summed E-state index contributed by atoms with van der Waals surface area (Å²) < 4.78 is 14.5. The minimum atomic E-state index is -2.37. The Morgan fingerprint density at radius 1 is 1.27 bits per heavy atom. The Hall–Kier alpha value is 0.0200. The lowest BCUT2D eigenvalue weighted by Crippen LogP contribution is -1.86. The SMILES string of the molecule is CCCCCCCO[P](=O)O. The molecular formula is C7H16O3P. The zero-order valence-electron chi connectivity index (χ0n) is 6.95. The molecule has 0 fully saturated rings. The van der Waals surface area contributed by atoms with Gasteiger partial charge in [-0.25, -0.2) is 4.57 Å². The van der Waals surface area contributed by atoms with Crippen LogP contribution in [0.15, 0.2) is 0 Å². The first-order chi connectivity index (χ1) is 5.27. The van der Waals surface area contributed by atoms with Gasteiger partial charge in [0.15, 0.2) is 0 Å². The molecular weight excluding hydrogens is 163 g/mol. The van der Waals surface area contributed by atoms with Gasteiger partial charge in [0.25, 0.3) is 0 Å². The summed E-state index contributed by atoms with van der Waals surface area (Å²) >= 11 is 0. The molecule has 0 aromatic rings. The standard InChI is InChI=1S/C7H16O3P/c1-2-3-4-5-6-7-10-11(8)9/h2-7H2,1H3,(H,8,9). The number of unbranched alkanes of at least 4 members (excludes halogenated alkanes) is 4. The van der Waals surface area contributed by atoms with Crippen molar-refractivity contribution in [1.82, 2.24) is 0 Å². The van der Waals surface area contributed by atoms with Crippen LogP contribution in [0.25, 0.3) is 0 Å².